The molecule has 21 heavy (non-hydrogen) atoms. The van der Waals surface area contributed by atoms with Crippen LogP contribution >= 0.6 is 0 Å². The number of benzene rings is 1. The van der Waals surface area contributed by atoms with Crippen molar-refractivity contribution < 1.29 is 4.74 Å². The standard InChI is InChI=1S/C17H22N2O2/c20-17-8-6-14-5-7-15(13-16(14)18-17)21-12-4-11-19-9-2-1-3-10-19/h5-8,13H,1-4,9-12H2,(H,18,20). The molecule has 0 saturated carbocycles. The number of fused-ring (bicyclic) bond motifs is 1. The lowest BCUT2D eigenvalue weighted by Gasteiger charge is -2.26. The van der Waals surface area contributed by atoms with Crippen molar-refractivity contribution in [2.24, 2.45) is 0 Å². The minimum atomic E-state index is -0.0789. The van der Waals surface area contributed by atoms with E-state index in [1.807, 2.05) is 24.3 Å². The van der Waals surface area contributed by atoms with Gasteiger partial charge in [-0.15, -0.1) is 0 Å². The summed E-state index contributed by atoms with van der Waals surface area (Å²) in [5, 5.41) is 1.02. The van der Waals surface area contributed by atoms with E-state index < -0.39 is 0 Å². The molecule has 1 saturated heterocycles. The molecule has 2 aromatic rings. The number of pyridine rings is 1. The maximum Gasteiger partial charge on any atom is 0.248 e. The van der Waals surface area contributed by atoms with Gasteiger partial charge in [0.25, 0.3) is 0 Å². The molecule has 2 heterocycles. The number of ether oxygens (including phenoxy) is 1. The molecule has 1 aliphatic heterocycles. The molecule has 3 rings (SSSR count). The van der Waals surface area contributed by atoms with Gasteiger partial charge < -0.3 is 14.6 Å². The summed E-state index contributed by atoms with van der Waals surface area (Å²) in [6.07, 6.45) is 5.09. The van der Waals surface area contributed by atoms with Gasteiger partial charge in [0, 0.05) is 18.7 Å². The highest BCUT2D eigenvalue weighted by molar-refractivity contribution is 5.79. The molecule has 1 aromatic heterocycles. The van der Waals surface area contributed by atoms with Crippen molar-refractivity contribution in [3.05, 3.63) is 40.7 Å². The Kier molecular flexibility index (Phi) is 4.55. The van der Waals surface area contributed by atoms with E-state index in [-0.39, 0.29) is 5.56 Å². The zero-order chi connectivity index (χ0) is 14.5. The maximum absolute atomic E-state index is 11.3. The predicted molar refractivity (Wildman–Crippen MR) is 85.0 cm³/mol. The molecule has 1 aromatic carbocycles. The van der Waals surface area contributed by atoms with Gasteiger partial charge in [0.2, 0.25) is 5.56 Å². The zero-order valence-corrected chi connectivity index (χ0v) is 12.3. The predicted octanol–water partition coefficient (Wildman–Crippen LogP) is 2.78. The number of H-pyrrole nitrogens is 1. The third-order valence-corrected chi connectivity index (χ3v) is 4.03. The van der Waals surface area contributed by atoms with Crippen molar-refractivity contribution in [2.45, 2.75) is 25.7 Å². The van der Waals surface area contributed by atoms with Crippen LogP contribution < -0.4 is 10.3 Å². The van der Waals surface area contributed by atoms with Crippen LogP contribution in [-0.4, -0.2) is 36.1 Å². The average molecular weight is 286 g/mol. The Bertz CT molecular complexity index is 645. The molecule has 1 fully saturated rings. The number of nitrogens with zero attached hydrogens (tertiary/aromatic N) is 1. The van der Waals surface area contributed by atoms with E-state index in [4.69, 9.17) is 4.74 Å². The minimum absolute atomic E-state index is 0.0789. The molecule has 112 valence electrons. The molecule has 0 bridgehead atoms. The maximum atomic E-state index is 11.3. The molecule has 0 unspecified atom stereocenters. The van der Waals surface area contributed by atoms with E-state index in [1.54, 1.807) is 6.07 Å². The lowest BCUT2D eigenvalue weighted by atomic mass is 10.1. The van der Waals surface area contributed by atoms with Crippen LogP contribution in [-0.2, 0) is 0 Å². The lowest BCUT2D eigenvalue weighted by molar-refractivity contribution is 0.205. The van der Waals surface area contributed by atoms with E-state index in [9.17, 15) is 4.79 Å². The summed E-state index contributed by atoms with van der Waals surface area (Å²) in [5.41, 5.74) is 0.751. The SMILES string of the molecule is O=c1ccc2ccc(OCCCN3CCCCC3)cc2[nH]1. The van der Waals surface area contributed by atoms with Gasteiger partial charge in [-0.1, -0.05) is 6.42 Å². The van der Waals surface area contributed by atoms with Crippen LogP contribution in [0.5, 0.6) is 5.75 Å². The smallest absolute Gasteiger partial charge is 0.248 e. The minimum Gasteiger partial charge on any atom is -0.493 e. The van der Waals surface area contributed by atoms with E-state index in [1.165, 1.54) is 32.4 Å². The first-order chi connectivity index (χ1) is 10.3. The summed E-state index contributed by atoms with van der Waals surface area (Å²) in [5.74, 6) is 0.822. The van der Waals surface area contributed by atoms with Gasteiger partial charge in [0.1, 0.15) is 5.75 Å². The van der Waals surface area contributed by atoms with Gasteiger partial charge in [-0.25, -0.2) is 0 Å². The normalized spacial score (nSPS) is 16.2. The van der Waals surface area contributed by atoms with Crippen LogP contribution in [0, 0.1) is 0 Å². The number of rotatable bonds is 5. The third kappa shape index (κ3) is 3.85. The molecule has 0 amide bonds. The third-order valence-electron chi connectivity index (χ3n) is 4.03. The summed E-state index contributed by atoms with van der Waals surface area (Å²) < 4.78 is 5.80. The van der Waals surface area contributed by atoms with Crippen molar-refractivity contribution in [1.82, 2.24) is 9.88 Å². The number of likely N-dealkylation sites (tertiary alicyclic amines) is 1. The largest absolute Gasteiger partial charge is 0.493 e. The summed E-state index contributed by atoms with van der Waals surface area (Å²) in [6.45, 7) is 4.30. The van der Waals surface area contributed by atoms with Crippen LogP contribution in [0.25, 0.3) is 10.9 Å². The van der Waals surface area contributed by atoms with Crippen molar-refractivity contribution >= 4 is 10.9 Å². The van der Waals surface area contributed by atoms with Gasteiger partial charge >= 0.3 is 0 Å². The van der Waals surface area contributed by atoms with Gasteiger partial charge in [0.05, 0.1) is 12.1 Å². The van der Waals surface area contributed by atoms with Crippen molar-refractivity contribution in [1.29, 1.82) is 0 Å². The van der Waals surface area contributed by atoms with Crippen LogP contribution in [0.1, 0.15) is 25.7 Å². The average Bonchev–Trinajstić information content (AvgIpc) is 2.52. The monoisotopic (exact) mass is 286 g/mol. The lowest BCUT2D eigenvalue weighted by Crippen LogP contribution is -2.31. The van der Waals surface area contributed by atoms with Crippen LogP contribution in [0.2, 0.25) is 0 Å². The van der Waals surface area contributed by atoms with Crippen LogP contribution in [0.3, 0.4) is 0 Å². The first-order valence-electron chi connectivity index (χ1n) is 7.79. The number of hydrogen-bond acceptors (Lipinski definition) is 3. The highest BCUT2D eigenvalue weighted by atomic mass is 16.5. The molecular formula is C17H22N2O2. The molecule has 4 heteroatoms. The second kappa shape index (κ2) is 6.76. The molecule has 0 aliphatic carbocycles. The quantitative estimate of drug-likeness (QED) is 0.860. The zero-order valence-electron chi connectivity index (χ0n) is 12.3. The Labute approximate surface area is 124 Å². The van der Waals surface area contributed by atoms with Crippen molar-refractivity contribution in [3.63, 3.8) is 0 Å². The second-order valence-electron chi connectivity index (χ2n) is 5.68. The van der Waals surface area contributed by atoms with E-state index in [0.717, 1.165) is 36.2 Å². The molecular weight excluding hydrogens is 264 g/mol. The van der Waals surface area contributed by atoms with Gasteiger partial charge in [-0.05, 0) is 55.9 Å². The van der Waals surface area contributed by atoms with Gasteiger partial charge in [-0.2, -0.15) is 0 Å². The summed E-state index contributed by atoms with van der Waals surface area (Å²) >= 11 is 0. The number of aromatic amines is 1. The summed E-state index contributed by atoms with van der Waals surface area (Å²) in [4.78, 5) is 16.7. The summed E-state index contributed by atoms with van der Waals surface area (Å²) in [7, 11) is 0. The van der Waals surface area contributed by atoms with Crippen LogP contribution in [0.4, 0.5) is 0 Å². The number of nitrogens with one attached hydrogen (secondary N) is 1. The Balaban J connectivity index is 1.51. The second-order valence-corrected chi connectivity index (χ2v) is 5.68. The van der Waals surface area contributed by atoms with Crippen molar-refractivity contribution in [2.75, 3.05) is 26.2 Å². The Morgan fingerprint density at radius 2 is 1.90 bits per heavy atom. The first-order valence-corrected chi connectivity index (χ1v) is 7.79. The number of piperidine rings is 1. The van der Waals surface area contributed by atoms with Crippen molar-refractivity contribution in [3.8, 4) is 5.75 Å². The highest BCUT2D eigenvalue weighted by Crippen LogP contribution is 2.18. The van der Waals surface area contributed by atoms with Gasteiger partial charge in [-0.3, -0.25) is 4.79 Å². The molecule has 0 atom stereocenters. The summed E-state index contributed by atoms with van der Waals surface area (Å²) in [6, 6.07) is 9.21. The molecule has 1 N–H and O–H groups in total. The first kappa shape index (κ1) is 14.1. The number of aromatic nitrogens is 1. The Morgan fingerprint density at radius 1 is 1.10 bits per heavy atom. The fourth-order valence-electron chi connectivity index (χ4n) is 2.88. The molecule has 0 radical (unpaired) electrons. The Morgan fingerprint density at radius 3 is 2.76 bits per heavy atom. The Hall–Kier alpha value is -1.81. The fourth-order valence-corrected chi connectivity index (χ4v) is 2.88. The molecule has 0 spiro atoms. The van der Waals surface area contributed by atoms with E-state index >= 15 is 0 Å². The molecule has 1 aliphatic rings. The van der Waals surface area contributed by atoms with E-state index in [0.29, 0.717) is 0 Å². The topological polar surface area (TPSA) is 45.3 Å². The van der Waals surface area contributed by atoms with Crippen LogP contribution in [0.15, 0.2) is 35.1 Å². The van der Waals surface area contributed by atoms with E-state index in [2.05, 4.69) is 9.88 Å². The number of hydrogen-bond donors (Lipinski definition) is 1. The highest BCUT2D eigenvalue weighted by Gasteiger charge is 2.09. The molecule has 4 nitrogen and oxygen atoms in total. The fraction of sp³-hybridized carbons (Fsp3) is 0.471. The van der Waals surface area contributed by atoms with Gasteiger partial charge in [0.15, 0.2) is 0 Å².